The summed E-state index contributed by atoms with van der Waals surface area (Å²) in [5, 5.41) is 3.43. The molecule has 0 radical (unpaired) electrons. The highest BCUT2D eigenvalue weighted by molar-refractivity contribution is 5.59. The number of aromatic nitrogens is 1. The summed E-state index contributed by atoms with van der Waals surface area (Å²) in [6.45, 7) is 5.38. The van der Waals surface area contributed by atoms with Gasteiger partial charge in [-0.1, -0.05) is 26.0 Å². The monoisotopic (exact) mass is 256 g/mol. The fourth-order valence-electron chi connectivity index (χ4n) is 2.50. The number of halogens is 1. The molecule has 19 heavy (non-hydrogen) atoms. The average molecular weight is 256 g/mol. The van der Waals surface area contributed by atoms with Crippen molar-refractivity contribution in [2.24, 2.45) is 0 Å². The van der Waals surface area contributed by atoms with Gasteiger partial charge in [-0.05, 0) is 23.8 Å². The Morgan fingerprint density at radius 1 is 1.26 bits per heavy atom. The van der Waals surface area contributed by atoms with Crippen molar-refractivity contribution in [3.63, 3.8) is 0 Å². The second kappa shape index (κ2) is 4.34. The maximum Gasteiger partial charge on any atom is 0.123 e. The molecule has 0 aliphatic carbocycles. The molecule has 3 rings (SSSR count). The van der Waals surface area contributed by atoms with Gasteiger partial charge in [-0.2, -0.15) is 0 Å². The van der Waals surface area contributed by atoms with Crippen molar-refractivity contribution >= 4 is 5.69 Å². The topological polar surface area (TPSA) is 24.9 Å². The van der Waals surface area contributed by atoms with E-state index in [1.165, 1.54) is 23.4 Å². The number of pyridine rings is 1. The lowest BCUT2D eigenvalue weighted by Crippen LogP contribution is -2.19. The van der Waals surface area contributed by atoms with Crippen LogP contribution >= 0.6 is 0 Å². The molecule has 0 atom stereocenters. The average Bonchev–Trinajstić information content (AvgIpc) is 2.68. The third kappa shape index (κ3) is 2.33. The highest BCUT2D eigenvalue weighted by Gasteiger charge is 2.29. The molecule has 0 unspecified atom stereocenters. The van der Waals surface area contributed by atoms with Gasteiger partial charge >= 0.3 is 0 Å². The lowest BCUT2D eigenvalue weighted by Gasteiger charge is -2.16. The fraction of sp³-hybridized carbons (Fsp3) is 0.312. The molecule has 3 heteroatoms. The number of fused-ring (bicyclic) bond motifs is 1. The van der Waals surface area contributed by atoms with Gasteiger partial charge in [-0.15, -0.1) is 0 Å². The zero-order valence-corrected chi connectivity index (χ0v) is 11.2. The van der Waals surface area contributed by atoms with Crippen LogP contribution in [0.4, 0.5) is 10.1 Å². The number of hydrogen-bond acceptors (Lipinski definition) is 2. The second-order valence-electron chi connectivity index (χ2n) is 5.76. The predicted octanol–water partition coefficient (Wildman–Crippen LogP) is 3.51. The molecule has 0 amide bonds. The van der Waals surface area contributed by atoms with Crippen LogP contribution in [0.3, 0.4) is 0 Å². The minimum Gasteiger partial charge on any atom is -0.384 e. The summed E-state index contributed by atoms with van der Waals surface area (Å²) in [5.74, 6) is -0.200. The molecule has 1 N–H and O–H groups in total. The van der Waals surface area contributed by atoms with Crippen LogP contribution in [-0.4, -0.2) is 11.5 Å². The molecule has 0 spiro atoms. The van der Waals surface area contributed by atoms with Crippen LogP contribution in [0.2, 0.25) is 0 Å². The van der Waals surface area contributed by atoms with E-state index >= 15 is 0 Å². The van der Waals surface area contributed by atoms with Crippen LogP contribution in [0.25, 0.3) is 0 Å². The highest BCUT2D eigenvalue weighted by atomic mass is 19.1. The fourth-order valence-corrected chi connectivity index (χ4v) is 2.50. The van der Waals surface area contributed by atoms with Crippen LogP contribution < -0.4 is 5.32 Å². The van der Waals surface area contributed by atoms with Crippen LogP contribution in [0.5, 0.6) is 0 Å². The Kier molecular flexibility index (Phi) is 2.77. The van der Waals surface area contributed by atoms with Gasteiger partial charge in [-0.3, -0.25) is 4.98 Å². The molecule has 2 nitrogen and oxygen atoms in total. The zero-order chi connectivity index (χ0) is 13.5. The Bertz CT molecular complexity index is 603. The molecule has 98 valence electrons. The van der Waals surface area contributed by atoms with Gasteiger partial charge in [0.15, 0.2) is 0 Å². The van der Waals surface area contributed by atoms with Crippen molar-refractivity contribution in [1.82, 2.24) is 4.98 Å². The summed E-state index contributed by atoms with van der Waals surface area (Å²) in [6, 6.07) is 8.70. The number of nitrogens with zero attached hydrogens (tertiary/aromatic N) is 1. The van der Waals surface area contributed by atoms with E-state index in [0.29, 0.717) is 0 Å². The predicted molar refractivity (Wildman–Crippen MR) is 75.0 cm³/mol. The number of hydrogen-bond donors (Lipinski definition) is 1. The molecule has 1 aliphatic rings. The van der Waals surface area contributed by atoms with Crippen LogP contribution in [-0.2, 0) is 11.8 Å². The zero-order valence-electron chi connectivity index (χ0n) is 11.2. The van der Waals surface area contributed by atoms with Gasteiger partial charge in [0, 0.05) is 41.5 Å². The number of rotatable bonds is 2. The maximum absolute atomic E-state index is 12.9. The van der Waals surface area contributed by atoms with Crippen LogP contribution in [0.15, 0.2) is 36.5 Å². The maximum atomic E-state index is 12.9. The van der Waals surface area contributed by atoms with Crippen LogP contribution in [0, 0.1) is 5.82 Å². The number of benzene rings is 1. The van der Waals surface area contributed by atoms with Crippen molar-refractivity contribution in [1.29, 1.82) is 0 Å². The van der Waals surface area contributed by atoms with E-state index in [1.807, 2.05) is 18.3 Å². The van der Waals surface area contributed by atoms with Gasteiger partial charge in [0.1, 0.15) is 5.82 Å². The third-order valence-corrected chi connectivity index (χ3v) is 3.71. The largest absolute Gasteiger partial charge is 0.384 e. The smallest absolute Gasteiger partial charge is 0.123 e. The van der Waals surface area contributed by atoms with Gasteiger partial charge in [0.2, 0.25) is 0 Å². The Balaban J connectivity index is 1.86. The van der Waals surface area contributed by atoms with Crippen molar-refractivity contribution in [3.8, 4) is 0 Å². The first-order valence-corrected chi connectivity index (χ1v) is 6.52. The van der Waals surface area contributed by atoms with E-state index < -0.39 is 0 Å². The first-order valence-electron chi connectivity index (χ1n) is 6.52. The number of nitrogens with one attached hydrogen (secondary N) is 1. The van der Waals surface area contributed by atoms with E-state index in [0.717, 1.165) is 24.2 Å². The van der Waals surface area contributed by atoms with Gasteiger partial charge in [-0.25, -0.2) is 4.39 Å². The molecule has 0 saturated heterocycles. The first-order chi connectivity index (χ1) is 9.04. The van der Waals surface area contributed by atoms with E-state index in [4.69, 9.17) is 0 Å². The van der Waals surface area contributed by atoms with E-state index in [1.54, 1.807) is 0 Å². The lowest BCUT2D eigenvalue weighted by atomic mass is 9.88. The number of anilines is 1. The van der Waals surface area contributed by atoms with Crippen molar-refractivity contribution < 1.29 is 4.39 Å². The molecule has 2 heterocycles. The minimum absolute atomic E-state index is 0.150. The van der Waals surface area contributed by atoms with Crippen molar-refractivity contribution in [2.45, 2.75) is 25.7 Å². The summed E-state index contributed by atoms with van der Waals surface area (Å²) in [5.41, 5.74) is 4.69. The molecule has 0 saturated carbocycles. The summed E-state index contributed by atoms with van der Waals surface area (Å²) in [6.07, 6.45) is 2.70. The normalized spacial score (nSPS) is 15.9. The van der Waals surface area contributed by atoms with Crippen LogP contribution in [0.1, 0.15) is 30.7 Å². The Morgan fingerprint density at radius 3 is 2.74 bits per heavy atom. The molecule has 0 bridgehead atoms. The molecule has 0 fully saturated rings. The second-order valence-corrected chi connectivity index (χ2v) is 5.76. The molecule has 1 aromatic carbocycles. The Labute approximate surface area is 112 Å². The SMILES string of the molecule is CC1(C)CNc2cc(Cc3ccc(F)cc3)ncc21. The van der Waals surface area contributed by atoms with E-state index in [-0.39, 0.29) is 11.2 Å². The van der Waals surface area contributed by atoms with E-state index in [2.05, 4.69) is 30.2 Å². The highest BCUT2D eigenvalue weighted by Crippen LogP contribution is 2.35. The minimum atomic E-state index is -0.200. The molecular weight excluding hydrogens is 239 g/mol. The summed E-state index contributed by atoms with van der Waals surface area (Å²) < 4.78 is 12.9. The van der Waals surface area contributed by atoms with Gasteiger partial charge in [0.05, 0.1) is 0 Å². The quantitative estimate of drug-likeness (QED) is 0.889. The van der Waals surface area contributed by atoms with E-state index in [9.17, 15) is 4.39 Å². The Morgan fingerprint density at radius 2 is 2.00 bits per heavy atom. The first kappa shape index (κ1) is 12.2. The van der Waals surface area contributed by atoms with Crippen molar-refractivity contribution in [2.75, 3.05) is 11.9 Å². The molecular formula is C16H17FN2. The Hall–Kier alpha value is -1.90. The molecule has 1 aromatic heterocycles. The summed E-state index contributed by atoms with van der Waals surface area (Å²) >= 11 is 0. The standard InChI is InChI=1S/C16H17FN2/c1-16(2)10-19-15-8-13(18-9-14(15)16)7-11-3-5-12(17)6-4-11/h3-6,8-9,19H,7,10H2,1-2H3. The molecule has 2 aromatic rings. The summed E-state index contributed by atoms with van der Waals surface area (Å²) in [4.78, 5) is 4.53. The van der Waals surface area contributed by atoms with Gasteiger partial charge in [0.25, 0.3) is 0 Å². The van der Waals surface area contributed by atoms with Crippen molar-refractivity contribution in [3.05, 3.63) is 59.2 Å². The summed E-state index contributed by atoms with van der Waals surface area (Å²) in [7, 11) is 0. The van der Waals surface area contributed by atoms with Gasteiger partial charge < -0.3 is 5.32 Å². The molecule has 1 aliphatic heterocycles. The lowest BCUT2D eigenvalue weighted by molar-refractivity contribution is 0.584. The third-order valence-electron chi connectivity index (χ3n) is 3.71.